The molecule has 3 N–H and O–H groups in total. The van der Waals surface area contributed by atoms with Gasteiger partial charge in [-0.05, 0) is 24.3 Å². The van der Waals surface area contributed by atoms with Crippen molar-refractivity contribution < 1.29 is 26.7 Å². The highest BCUT2D eigenvalue weighted by Gasteiger charge is 2.24. The molecule has 11 heteroatoms. The first kappa shape index (κ1) is 20.8. The van der Waals surface area contributed by atoms with E-state index in [4.69, 9.17) is 5.26 Å². The number of aryl methyl sites for hydroxylation is 1. The largest absolute Gasteiger partial charge is 0.368 e. The van der Waals surface area contributed by atoms with E-state index in [-0.39, 0.29) is 21.8 Å². The number of aliphatic hydroxyl groups excluding tert-OH is 1. The number of halogens is 3. The van der Waals surface area contributed by atoms with E-state index >= 15 is 0 Å². The number of nitrogens with zero attached hydrogens (tertiary/aromatic N) is 2. The van der Waals surface area contributed by atoms with Crippen LogP contribution >= 0.6 is 0 Å². The van der Waals surface area contributed by atoms with Crippen LogP contribution in [-0.2, 0) is 17.1 Å². The maximum absolute atomic E-state index is 13.3. The number of nitrogens with one attached hydrogen (secondary N) is 2. The molecule has 0 aliphatic rings. The van der Waals surface area contributed by atoms with Gasteiger partial charge in [0.15, 0.2) is 6.23 Å². The Morgan fingerprint density at radius 1 is 1.30 bits per heavy atom. The van der Waals surface area contributed by atoms with Gasteiger partial charge in [0.1, 0.15) is 30.1 Å². The van der Waals surface area contributed by atoms with Crippen molar-refractivity contribution in [1.82, 2.24) is 9.29 Å². The Balaban J connectivity index is 2.24. The molecular formula is C16H17F3N4O3S. The summed E-state index contributed by atoms with van der Waals surface area (Å²) in [6, 6.07) is 4.83. The van der Waals surface area contributed by atoms with Crippen LogP contribution in [-0.4, -0.2) is 37.5 Å². The second-order valence-corrected chi connectivity index (χ2v) is 7.41. The van der Waals surface area contributed by atoms with Crippen molar-refractivity contribution in [2.45, 2.75) is 17.2 Å². The molecule has 1 aromatic heterocycles. The summed E-state index contributed by atoms with van der Waals surface area (Å²) in [5.74, 6) is -0.717. The third-order valence-electron chi connectivity index (χ3n) is 3.69. The predicted octanol–water partition coefficient (Wildman–Crippen LogP) is 1.72. The molecule has 1 heterocycles. The van der Waals surface area contributed by atoms with Gasteiger partial charge in [-0.1, -0.05) is 0 Å². The summed E-state index contributed by atoms with van der Waals surface area (Å²) in [5, 5.41) is 21.7. The lowest BCUT2D eigenvalue weighted by molar-refractivity contribution is 0.199. The number of benzene rings is 1. The van der Waals surface area contributed by atoms with E-state index in [1.165, 1.54) is 29.9 Å². The smallest absolute Gasteiger partial charge is 0.242 e. The molecule has 0 spiro atoms. The van der Waals surface area contributed by atoms with Crippen LogP contribution in [0, 0.1) is 17.1 Å². The molecule has 2 rings (SSSR count). The van der Waals surface area contributed by atoms with Crippen molar-refractivity contribution in [1.29, 1.82) is 5.26 Å². The van der Waals surface area contributed by atoms with Crippen molar-refractivity contribution in [2.24, 2.45) is 7.05 Å². The number of hydrogen-bond acceptors (Lipinski definition) is 5. The number of rotatable bonds is 8. The first-order valence-electron chi connectivity index (χ1n) is 7.66. The lowest BCUT2D eigenvalue weighted by atomic mass is 10.2. The summed E-state index contributed by atoms with van der Waals surface area (Å²) in [7, 11) is -2.73. The summed E-state index contributed by atoms with van der Waals surface area (Å²) >= 11 is 0. The van der Waals surface area contributed by atoms with E-state index in [0.29, 0.717) is 0 Å². The molecule has 1 aromatic carbocycles. The van der Waals surface area contributed by atoms with Crippen molar-refractivity contribution in [2.75, 3.05) is 18.7 Å². The fourth-order valence-corrected chi connectivity index (χ4v) is 3.57. The van der Waals surface area contributed by atoms with Crippen molar-refractivity contribution in [3.63, 3.8) is 0 Å². The van der Waals surface area contributed by atoms with Gasteiger partial charge in [0.25, 0.3) is 0 Å². The molecule has 0 saturated carbocycles. The minimum Gasteiger partial charge on any atom is -0.368 e. The minimum atomic E-state index is -4.19. The molecule has 146 valence electrons. The Morgan fingerprint density at radius 2 is 1.96 bits per heavy atom. The number of hydrogen-bond donors (Lipinski definition) is 3. The number of nitriles is 1. The molecular weight excluding hydrogens is 385 g/mol. The third-order valence-corrected chi connectivity index (χ3v) is 5.18. The zero-order valence-electron chi connectivity index (χ0n) is 14.2. The van der Waals surface area contributed by atoms with Crippen molar-refractivity contribution >= 4 is 15.7 Å². The van der Waals surface area contributed by atoms with Gasteiger partial charge in [-0.25, -0.2) is 26.3 Å². The summed E-state index contributed by atoms with van der Waals surface area (Å²) in [6.07, 6.45) is -0.226. The number of sulfonamides is 1. The molecule has 0 saturated heterocycles. The second-order valence-electron chi connectivity index (χ2n) is 5.69. The zero-order valence-corrected chi connectivity index (χ0v) is 15.0. The van der Waals surface area contributed by atoms with Gasteiger partial charge >= 0.3 is 0 Å². The van der Waals surface area contributed by atoms with Gasteiger partial charge in [0, 0.05) is 18.9 Å². The maximum Gasteiger partial charge on any atom is 0.242 e. The SMILES string of the molecule is Cn1cc(S(=O)(=O)NC(CF)CF)cc1C(O)Nc1ccc(F)c(C#N)c1. The first-order chi connectivity index (χ1) is 12.7. The van der Waals surface area contributed by atoms with Crippen LogP contribution in [0.2, 0.25) is 0 Å². The summed E-state index contributed by atoms with van der Waals surface area (Å²) < 4.78 is 66.1. The van der Waals surface area contributed by atoms with Crippen LogP contribution < -0.4 is 10.0 Å². The fourth-order valence-electron chi connectivity index (χ4n) is 2.29. The number of anilines is 1. The molecule has 0 amide bonds. The van der Waals surface area contributed by atoms with Crippen molar-refractivity contribution in [3.8, 4) is 6.07 Å². The lowest BCUT2D eigenvalue weighted by Gasteiger charge is -2.15. The standard InChI is InChI=1S/C16H17F3N4O3S/c1-23-9-13(27(25,26)22-12(6-17)7-18)5-15(23)16(24)21-11-2-3-14(19)10(4-11)8-20/h2-5,9,12,16,21-22,24H,6-7H2,1H3. The van der Waals surface area contributed by atoms with Crippen LogP contribution in [0.3, 0.4) is 0 Å². The summed E-state index contributed by atoms with van der Waals surface area (Å²) in [5.41, 5.74) is 0.129. The van der Waals surface area contributed by atoms with E-state index in [2.05, 4.69) is 5.32 Å². The molecule has 0 aliphatic carbocycles. The second kappa shape index (κ2) is 8.43. The average Bonchev–Trinajstić information content (AvgIpc) is 3.04. The monoisotopic (exact) mass is 402 g/mol. The molecule has 0 radical (unpaired) electrons. The van der Waals surface area contributed by atoms with Gasteiger partial charge in [0.2, 0.25) is 10.0 Å². The normalized spacial score (nSPS) is 12.8. The van der Waals surface area contributed by atoms with Gasteiger partial charge < -0.3 is 15.0 Å². The molecule has 0 fully saturated rings. The number of aliphatic hydroxyl groups is 1. The Bertz CT molecular complexity index is 952. The van der Waals surface area contributed by atoms with Crippen molar-refractivity contribution in [3.05, 3.63) is 47.5 Å². The zero-order chi connectivity index (χ0) is 20.2. The van der Waals surface area contributed by atoms with Crippen LogP contribution in [0.25, 0.3) is 0 Å². The molecule has 1 atom stereocenters. The highest BCUT2D eigenvalue weighted by atomic mass is 32.2. The molecule has 7 nitrogen and oxygen atoms in total. The Kier molecular flexibility index (Phi) is 6.48. The van der Waals surface area contributed by atoms with Crippen LogP contribution in [0.15, 0.2) is 35.4 Å². The molecule has 0 bridgehead atoms. The van der Waals surface area contributed by atoms with Crippen LogP contribution in [0.4, 0.5) is 18.9 Å². The highest BCUT2D eigenvalue weighted by molar-refractivity contribution is 7.89. The van der Waals surface area contributed by atoms with E-state index in [0.717, 1.165) is 12.1 Å². The van der Waals surface area contributed by atoms with Gasteiger partial charge in [-0.2, -0.15) is 5.26 Å². The van der Waals surface area contributed by atoms with Gasteiger partial charge in [0.05, 0.1) is 17.3 Å². The van der Waals surface area contributed by atoms with E-state index in [9.17, 15) is 26.7 Å². The quantitative estimate of drug-likeness (QED) is 0.583. The van der Waals surface area contributed by atoms with E-state index < -0.39 is 41.5 Å². The Morgan fingerprint density at radius 3 is 2.56 bits per heavy atom. The molecule has 27 heavy (non-hydrogen) atoms. The summed E-state index contributed by atoms with van der Waals surface area (Å²) in [6.45, 7) is -2.41. The Labute approximate surface area is 154 Å². The van der Waals surface area contributed by atoms with Crippen LogP contribution in [0.1, 0.15) is 17.5 Å². The third kappa shape index (κ3) is 4.79. The molecule has 1 unspecified atom stereocenters. The van der Waals surface area contributed by atoms with E-state index in [1.54, 1.807) is 6.07 Å². The Hall–Kier alpha value is -2.55. The topological polar surface area (TPSA) is 107 Å². The maximum atomic E-state index is 13.3. The van der Waals surface area contributed by atoms with Gasteiger partial charge in [-0.3, -0.25) is 0 Å². The first-order valence-corrected chi connectivity index (χ1v) is 9.15. The average molecular weight is 402 g/mol. The van der Waals surface area contributed by atoms with Gasteiger partial charge in [-0.15, -0.1) is 0 Å². The fraction of sp³-hybridized carbons (Fsp3) is 0.312. The lowest BCUT2D eigenvalue weighted by Crippen LogP contribution is -2.37. The summed E-state index contributed by atoms with van der Waals surface area (Å²) in [4.78, 5) is -0.287. The molecule has 2 aromatic rings. The number of alkyl halides is 2. The van der Waals surface area contributed by atoms with E-state index in [1.807, 2.05) is 4.72 Å². The van der Waals surface area contributed by atoms with Crippen LogP contribution in [0.5, 0.6) is 0 Å². The number of aromatic nitrogens is 1. The molecule has 0 aliphatic heterocycles. The minimum absolute atomic E-state index is 0.121. The highest BCUT2D eigenvalue weighted by Crippen LogP contribution is 2.23. The predicted molar refractivity (Wildman–Crippen MR) is 91.2 cm³/mol.